The molecule has 2 aromatic heterocycles. The Kier molecular flexibility index (Phi) is 4.65. The number of carbonyl (C=O) groups is 1. The minimum Gasteiger partial charge on any atom is -0.444 e. The van der Waals surface area contributed by atoms with Crippen LogP contribution in [-0.2, 0) is 18.3 Å². The zero-order chi connectivity index (χ0) is 23.9. The summed E-state index contributed by atoms with van der Waals surface area (Å²) in [5, 5.41) is 0. The third kappa shape index (κ3) is 3.58. The Bertz CT molecular complexity index is 1180. The Morgan fingerprint density at radius 2 is 1.88 bits per heavy atom. The average molecular weight is 464 g/mol. The van der Waals surface area contributed by atoms with Crippen LogP contribution < -0.4 is 10.6 Å². The van der Waals surface area contributed by atoms with Gasteiger partial charge in [-0.25, -0.2) is 23.4 Å². The predicted molar refractivity (Wildman–Crippen MR) is 120 cm³/mol. The highest BCUT2D eigenvalue weighted by Crippen LogP contribution is 2.61. The number of pyridine rings is 1. The third-order valence-electron chi connectivity index (χ3n) is 7.30. The van der Waals surface area contributed by atoms with Gasteiger partial charge in [-0.2, -0.15) is 0 Å². The van der Waals surface area contributed by atoms with E-state index in [1.165, 1.54) is 16.1 Å². The number of fused-ring (bicyclic) bond motifs is 4. The number of halogens is 2. The van der Waals surface area contributed by atoms with Crippen molar-refractivity contribution in [2.75, 3.05) is 18.0 Å². The first-order valence-corrected chi connectivity index (χ1v) is 11.5. The fraction of sp³-hybridized carbons (Fsp3) is 0.696. The van der Waals surface area contributed by atoms with Crippen molar-refractivity contribution in [3.8, 4) is 0 Å². The molecular weight excluding hydrogens is 432 g/mol. The van der Waals surface area contributed by atoms with Crippen molar-refractivity contribution in [1.82, 2.24) is 19.0 Å². The summed E-state index contributed by atoms with van der Waals surface area (Å²) in [5.41, 5.74) is -1.03. The van der Waals surface area contributed by atoms with Gasteiger partial charge in [0.2, 0.25) is 0 Å². The molecule has 3 aliphatic heterocycles. The molecule has 3 atom stereocenters. The third-order valence-corrected chi connectivity index (χ3v) is 7.30. The lowest BCUT2D eigenvalue weighted by Gasteiger charge is -2.51. The SMILES string of the molecule is Cn1c(=O)n(CC2(C)CC2(F)F)c2ccc(N3CC4CCC3CN4C(=O)OC(C)(C)C)nc21. The molecule has 33 heavy (non-hydrogen) atoms. The fourth-order valence-electron chi connectivity index (χ4n) is 5.20. The average Bonchev–Trinajstić information content (AvgIpc) is 3.16. The van der Waals surface area contributed by atoms with E-state index in [1.54, 1.807) is 13.1 Å². The second kappa shape index (κ2) is 6.93. The van der Waals surface area contributed by atoms with Crippen LogP contribution in [0.5, 0.6) is 0 Å². The zero-order valence-corrected chi connectivity index (χ0v) is 19.8. The second-order valence-corrected chi connectivity index (χ2v) is 11.1. The van der Waals surface area contributed by atoms with Crippen molar-refractivity contribution in [3.63, 3.8) is 0 Å². The van der Waals surface area contributed by atoms with E-state index < -0.39 is 16.9 Å². The Morgan fingerprint density at radius 1 is 1.21 bits per heavy atom. The molecule has 4 fully saturated rings. The summed E-state index contributed by atoms with van der Waals surface area (Å²) in [6.45, 7) is 8.27. The van der Waals surface area contributed by atoms with Gasteiger partial charge in [0.1, 0.15) is 11.4 Å². The number of piperazine rings is 1. The van der Waals surface area contributed by atoms with Gasteiger partial charge in [0.05, 0.1) is 17.0 Å². The number of hydrogen-bond acceptors (Lipinski definition) is 5. The lowest BCUT2D eigenvalue weighted by Crippen LogP contribution is -2.64. The lowest BCUT2D eigenvalue weighted by molar-refractivity contribution is 0.000784. The molecule has 5 heterocycles. The number of rotatable bonds is 3. The minimum absolute atomic E-state index is 0.0313. The Labute approximate surface area is 191 Å². The number of hydrogen-bond donors (Lipinski definition) is 0. The molecule has 8 nitrogen and oxygen atoms in total. The first-order valence-electron chi connectivity index (χ1n) is 11.5. The maximum absolute atomic E-state index is 13.8. The molecule has 180 valence electrons. The standard InChI is InChI=1S/C23H31F2N5O3/c1-21(2,3)33-20(32)29-11-14-6-7-15(29)10-28(14)17-9-8-16-18(26-17)27(5)19(31)30(16)13-22(4)12-23(22,24)25/h8-9,14-15H,6-7,10-13H2,1-5H3. The Morgan fingerprint density at radius 3 is 2.45 bits per heavy atom. The van der Waals surface area contributed by atoms with E-state index in [9.17, 15) is 18.4 Å². The maximum Gasteiger partial charge on any atom is 0.410 e. The van der Waals surface area contributed by atoms with E-state index in [4.69, 9.17) is 9.72 Å². The number of piperidine rings is 2. The summed E-state index contributed by atoms with van der Waals surface area (Å²) in [4.78, 5) is 34.2. The number of ether oxygens (including phenoxy) is 1. The Balaban J connectivity index is 1.40. The number of anilines is 1. The van der Waals surface area contributed by atoms with Gasteiger partial charge in [0.15, 0.2) is 5.65 Å². The van der Waals surface area contributed by atoms with Gasteiger partial charge < -0.3 is 14.5 Å². The highest BCUT2D eigenvalue weighted by atomic mass is 19.3. The minimum atomic E-state index is -2.74. The molecule has 6 rings (SSSR count). The topological polar surface area (TPSA) is 72.6 Å². The number of aryl methyl sites for hydroxylation is 1. The maximum atomic E-state index is 13.8. The van der Waals surface area contributed by atoms with E-state index in [1.807, 2.05) is 31.7 Å². The van der Waals surface area contributed by atoms with E-state index in [0.29, 0.717) is 24.3 Å². The highest BCUT2D eigenvalue weighted by Gasteiger charge is 2.68. The van der Waals surface area contributed by atoms with Crippen LogP contribution in [0.15, 0.2) is 16.9 Å². The monoisotopic (exact) mass is 463 g/mol. The molecule has 3 unspecified atom stereocenters. The van der Waals surface area contributed by atoms with Crippen LogP contribution in [0.25, 0.3) is 11.2 Å². The van der Waals surface area contributed by atoms with E-state index in [0.717, 1.165) is 18.7 Å². The molecule has 1 amide bonds. The molecule has 3 saturated heterocycles. The van der Waals surface area contributed by atoms with Gasteiger partial charge in [-0.05, 0) is 45.7 Å². The molecule has 1 aliphatic carbocycles. The first-order chi connectivity index (χ1) is 15.3. The number of carbonyl (C=O) groups excluding carboxylic acids is 1. The van der Waals surface area contributed by atoms with Crippen LogP contribution in [0, 0.1) is 5.41 Å². The van der Waals surface area contributed by atoms with Gasteiger partial charge >= 0.3 is 11.8 Å². The summed E-state index contributed by atoms with van der Waals surface area (Å²) >= 11 is 0. The van der Waals surface area contributed by atoms with E-state index >= 15 is 0 Å². The van der Waals surface area contributed by atoms with Crippen molar-refractivity contribution in [2.45, 2.75) is 77.1 Å². The summed E-state index contributed by atoms with van der Waals surface area (Å²) < 4.78 is 36.0. The first kappa shape index (κ1) is 22.2. The molecular formula is C23H31F2N5O3. The molecule has 0 radical (unpaired) electrons. The van der Waals surface area contributed by atoms with E-state index in [-0.39, 0.29) is 36.8 Å². The number of alkyl halides is 2. The smallest absolute Gasteiger partial charge is 0.410 e. The zero-order valence-electron chi connectivity index (χ0n) is 19.8. The second-order valence-electron chi connectivity index (χ2n) is 11.1. The summed E-state index contributed by atoms with van der Waals surface area (Å²) in [7, 11) is 1.62. The molecule has 2 aromatic rings. The fourth-order valence-corrected chi connectivity index (χ4v) is 5.20. The van der Waals surface area contributed by atoms with Gasteiger partial charge in [-0.1, -0.05) is 6.92 Å². The normalized spacial score (nSPS) is 28.5. The van der Waals surface area contributed by atoms with Crippen molar-refractivity contribution >= 4 is 23.1 Å². The summed E-state index contributed by atoms with van der Waals surface area (Å²) in [6.07, 6.45) is 1.35. The van der Waals surface area contributed by atoms with E-state index in [2.05, 4.69) is 4.90 Å². The highest BCUT2D eigenvalue weighted by molar-refractivity contribution is 5.75. The van der Waals surface area contributed by atoms with Crippen LogP contribution >= 0.6 is 0 Å². The summed E-state index contributed by atoms with van der Waals surface area (Å²) in [6, 6.07) is 3.80. The van der Waals surface area contributed by atoms with Crippen LogP contribution in [0.3, 0.4) is 0 Å². The Hall–Kier alpha value is -2.65. The molecule has 0 N–H and O–H groups in total. The van der Waals surface area contributed by atoms with Gasteiger partial charge in [-0.3, -0.25) is 9.13 Å². The molecule has 10 heteroatoms. The van der Waals surface area contributed by atoms with Gasteiger partial charge in [-0.15, -0.1) is 0 Å². The molecule has 0 spiro atoms. The van der Waals surface area contributed by atoms with Crippen molar-refractivity contribution in [2.24, 2.45) is 12.5 Å². The van der Waals surface area contributed by atoms with Crippen LogP contribution in [-0.4, -0.2) is 61.8 Å². The largest absolute Gasteiger partial charge is 0.444 e. The number of nitrogens with zero attached hydrogens (tertiary/aromatic N) is 5. The van der Waals surface area contributed by atoms with Crippen molar-refractivity contribution in [3.05, 3.63) is 22.6 Å². The van der Waals surface area contributed by atoms with Gasteiger partial charge in [0.25, 0.3) is 5.92 Å². The molecule has 1 saturated carbocycles. The quantitative estimate of drug-likeness (QED) is 0.698. The number of aromatic nitrogens is 3. The number of amides is 1. The summed E-state index contributed by atoms with van der Waals surface area (Å²) in [5.74, 6) is -2.01. The van der Waals surface area contributed by atoms with Crippen LogP contribution in [0.2, 0.25) is 0 Å². The van der Waals surface area contributed by atoms with Crippen LogP contribution in [0.4, 0.5) is 19.4 Å². The van der Waals surface area contributed by atoms with Crippen molar-refractivity contribution in [1.29, 1.82) is 0 Å². The molecule has 2 bridgehead atoms. The molecule has 4 aliphatic rings. The lowest BCUT2D eigenvalue weighted by atomic mass is 9.91. The van der Waals surface area contributed by atoms with Crippen LogP contribution in [0.1, 0.15) is 47.0 Å². The van der Waals surface area contributed by atoms with Gasteiger partial charge in [0, 0.05) is 39.1 Å². The van der Waals surface area contributed by atoms with Crippen molar-refractivity contribution < 1.29 is 18.3 Å². The molecule has 0 aromatic carbocycles. The predicted octanol–water partition coefficient (Wildman–Crippen LogP) is 3.37. The number of imidazole rings is 1.